The second-order valence-electron chi connectivity index (χ2n) is 4.63. The Morgan fingerprint density at radius 1 is 1.65 bits per heavy atom. The minimum Gasteiger partial charge on any atom is -0.465 e. The van der Waals surface area contributed by atoms with Crippen LogP contribution in [0.3, 0.4) is 0 Å². The molecule has 0 aliphatic carbocycles. The minimum atomic E-state index is -0.549. The fourth-order valence-electron chi connectivity index (χ4n) is 2.15. The third-order valence-electron chi connectivity index (χ3n) is 3.14. The molecular weight excluding hydrogens is 324 g/mol. The summed E-state index contributed by atoms with van der Waals surface area (Å²) in [5.74, 6) is -0.305. The second kappa shape index (κ2) is 7.71. The number of hydrogen-bond donors (Lipinski definition) is 1. The van der Waals surface area contributed by atoms with Crippen LogP contribution < -0.4 is 5.32 Å². The number of carbonyl (C=O) groups is 1. The Balaban J connectivity index is 2.03. The summed E-state index contributed by atoms with van der Waals surface area (Å²) in [6.45, 7) is 3.58. The van der Waals surface area contributed by atoms with Crippen molar-refractivity contribution in [1.82, 2.24) is 10.3 Å². The topological polar surface area (TPSA) is 60.5 Å². The van der Waals surface area contributed by atoms with Crippen LogP contribution in [-0.4, -0.2) is 36.8 Å². The van der Waals surface area contributed by atoms with Gasteiger partial charge < -0.3 is 9.47 Å². The molecule has 0 saturated carbocycles. The van der Waals surface area contributed by atoms with Crippen LogP contribution in [0, 0.1) is 0 Å². The van der Waals surface area contributed by atoms with Gasteiger partial charge in [0.25, 0.3) is 0 Å². The van der Waals surface area contributed by atoms with Gasteiger partial charge in [-0.15, -0.1) is 0 Å². The predicted octanol–water partition coefficient (Wildman–Crippen LogP) is 2.22. The molecule has 2 atom stereocenters. The number of rotatable bonds is 6. The van der Waals surface area contributed by atoms with Crippen molar-refractivity contribution in [3.8, 4) is 0 Å². The number of ether oxygens (including phenoxy) is 2. The molecule has 6 heteroatoms. The molecule has 1 aliphatic heterocycles. The summed E-state index contributed by atoms with van der Waals surface area (Å²) in [5.41, 5.74) is 0.657. The molecule has 0 bridgehead atoms. The van der Waals surface area contributed by atoms with Crippen LogP contribution in [0.5, 0.6) is 0 Å². The zero-order valence-corrected chi connectivity index (χ0v) is 13.1. The van der Waals surface area contributed by atoms with Gasteiger partial charge >= 0.3 is 5.97 Å². The summed E-state index contributed by atoms with van der Waals surface area (Å²) in [6.07, 6.45) is 3.95. The van der Waals surface area contributed by atoms with Crippen LogP contribution >= 0.6 is 15.9 Å². The zero-order chi connectivity index (χ0) is 14.4. The quantitative estimate of drug-likeness (QED) is 0.803. The smallest absolute Gasteiger partial charge is 0.329 e. The molecule has 2 heterocycles. The number of pyridine rings is 1. The van der Waals surface area contributed by atoms with Gasteiger partial charge in [-0.1, -0.05) is 0 Å². The van der Waals surface area contributed by atoms with Crippen LogP contribution in [0.2, 0.25) is 0 Å². The largest absolute Gasteiger partial charge is 0.465 e. The molecule has 0 amide bonds. The lowest BCUT2D eigenvalue weighted by molar-refractivity contribution is -0.146. The SMILES string of the molecule is CCOC(=O)C(NCC1CCCO1)c1ccc(Br)cn1. The first-order chi connectivity index (χ1) is 9.70. The molecule has 1 aromatic heterocycles. The fraction of sp³-hybridized carbons (Fsp3) is 0.571. The average molecular weight is 343 g/mol. The van der Waals surface area contributed by atoms with Crippen molar-refractivity contribution in [3.63, 3.8) is 0 Å². The lowest BCUT2D eigenvalue weighted by Gasteiger charge is -2.19. The molecule has 1 saturated heterocycles. The first-order valence-corrected chi connectivity index (χ1v) is 7.63. The third kappa shape index (κ3) is 4.26. The van der Waals surface area contributed by atoms with Gasteiger partial charge in [0.15, 0.2) is 0 Å². The van der Waals surface area contributed by atoms with E-state index in [2.05, 4.69) is 26.2 Å². The maximum absolute atomic E-state index is 12.1. The van der Waals surface area contributed by atoms with Crippen molar-refractivity contribution >= 4 is 21.9 Å². The lowest BCUT2D eigenvalue weighted by Crippen LogP contribution is -2.36. The van der Waals surface area contributed by atoms with Gasteiger partial charge in [0.05, 0.1) is 18.4 Å². The Morgan fingerprint density at radius 2 is 2.50 bits per heavy atom. The molecule has 1 N–H and O–H groups in total. The number of aromatic nitrogens is 1. The van der Waals surface area contributed by atoms with E-state index in [0.717, 1.165) is 23.9 Å². The van der Waals surface area contributed by atoms with Crippen molar-refractivity contribution in [2.24, 2.45) is 0 Å². The number of esters is 1. The summed E-state index contributed by atoms with van der Waals surface area (Å²) in [5, 5.41) is 3.20. The molecule has 0 radical (unpaired) electrons. The standard InChI is InChI=1S/C14H19BrN2O3/c1-2-19-14(18)13(12-6-5-10(15)8-16-12)17-9-11-4-3-7-20-11/h5-6,8,11,13,17H,2-4,7,9H2,1H3. The van der Waals surface area contributed by atoms with Crippen LogP contribution in [0.15, 0.2) is 22.8 Å². The summed E-state index contributed by atoms with van der Waals surface area (Å²) in [6, 6.07) is 3.13. The van der Waals surface area contributed by atoms with E-state index >= 15 is 0 Å². The number of nitrogens with one attached hydrogen (secondary N) is 1. The second-order valence-corrected chi connectivity index (χ2v) is 5.55. The monoisotopic (exact) mass is 342 g/mol. The Labute approximate surface area is 127 Å². The van der Waals surface area contributed by atoms with Crippen molar-refractivity contribution in [2.45, 2.75) is 31.9 Å². The summed E-state index contributed by atoms with van der Waals surface area (Å²) in [4.78, 5) is 16.3. The Kier molecular flexibility index (Phi) is 5.94. The molecule has 1 aromatic rings. The number of carbonyl (C=O) groups excluding carboxylic acids is 1. The highest BCUT2D eigenvalue weighted by atomic mass is 79.9. The highest BCUT2D eigenvalue weighted by Crippen LogP contribution is 2.17. The number of halogens is 1. The van der Waals surface area contributed by atoms with E-state index in [0.29, 0.717) is 18.8 Å². The molecule has 0 aromatic carbocycles. The first-order valence-electron chi connectivity index (χ1n) is 6.83. The zero-order valence-electron chi connectivity index (χ0n) is 11.5. The summed E-state index contributed by atoms with van der Waals surface area (Å²) in [7, 11) is 0. The van der Waals surface area contributed by atoms with Crippen molar-refractivity contribution in [2.75, 3.05) is 19.8 Å². The summed E-state index contributed by atoms with van der Waals surface area (Å²) < 4.78 is 11.5. The first kappa shape index (κ1) is 15.4. The van der Waals surface area contributed by atoms with E-state index < -0.39 is 6.04 Å². The van der Waals surface area contributed by atoms with Crippen molar-refractivity contribution in [3.05, 3.63) is 28.5 Å². The van der Waals surface area contributed by atoms with Gasteiger partial charge in [0.1, 0.15) is 6.04 Å². The molecule has 2 unspecified atom stereocenters. The van der Waals surface area contributed by atoms with Crippen molar-refractivity contribution < 1.29 is 14.3 Å². The molecule has 1 aliphatic rings. The summed E-state index contributed by atoms with van der Waals surface area (Å²) >= 11 is 3.34. The molecule has 0 spiro atoms. The lowest BCUT2D eigenvalue weighted by atomic mass is 10.1. The van der Waals surface area contributed by atoms with Crippen LogP contribution in [0.1, 0.15) is 31.5 Å². The average Bonchev–Trinajstić information content (AvgIpc) is 2.94. The van der Waals surface area contributed by atoms with E-state index in [4.69, 9.17) is 9.47 Å². The third-order valence-corrected chi connectivity index (χ3v) is 3.61. The van der Waals surface area contributed by atoms with Gasteiger partial charge in [0, 0.05) is 23.8 Å². The van der Waals surface area contributed by atoms with E-state index in [1.54, 1.807) is 13.1 Å². The van der Waals surface area contributed by atoms with Gasteiger partial charge in [-0.05, 0) is 47.8 Å². The molecule has 20 heavy (non-hydrogen) atoms. The molecule has 110 valence electrons. The normalized spacial score (nSPS) is 19.8. The number of nitrogens with zero attached hydrogens (tertiary/aromatic N) is 1. The minimum absolute atomic E-state index is 0.169. The molecule has 2 rings (SSSR count). The highest BCUT2D eigenvalue weighted by Gasteiger charge is 2.25. The van der Waals surface area contributed by atoms with Gasteiger partial charge in [-0.3, -0.25) is 10.3 Å². The van der Waals surface area contributed by atoms with Gasteiger partial charge in [0.2, 0.25) is 0 Å². The number of hydrogen-bond acceptors (Lipinski definition) is 5. The Bertz CT molecular complexity index is 433. The van der Waals surface area contributed by atoms with Crippen LogP contribution in [0.25, 0.3) is 0 Å². The van der Waals surface area contributed by atoms with Crippen LogP contribution in [0.4, 0.5) is 0 Å². The van der Waals surface area contributed by atoms with E-state index in [9.17, 15) is 4.79 Å². The van der Waals surface area contributed by atoms with E-state index in [1.807, 2.05) is 12.1 Å². The molecule has 5 nitrogen and oxygen atoms in total. The Morgan fingerprint density at radius 3 is 3.10 bits per heavy atom. The van der Waals surface area contributed by atoms with Crippen molar-refractivity contribution in [1.29, 1.82) is 0 Å². The predicted molar refractivity (Wildman–Crippen MR) is 78.3 cm³/mol. The molecule has 1 fully saturated rings. The maximum atomic E-state index is 12.1. The van der Waals surface area contributed by atoms with Crippen LogP contribution in [-0.2, 0) is 14.3 Å². The van der Waals surface area contributed by atoms with Gasteiger partial charge in [-0.2, -0.15) is 0 Å². The molecular formula is C14H19BrN2O3. The highest BCUT2D eigenvalue weighted by molar-refractivity contribution is 9.10. The van der Waals surface area contributed by atoms with E-state index in [1.165, 1.54) is 0 Å². The van der Waals surface area contributed by atoms with Gasteiger partial charge in [-0.25, -0.2) is 4.79 Å². The Hall–Kier alpha value is -0.980. The van der Waals surface area contributed by atoms with E-state index in [-0.39, 0.29) is 12.1 Å². The maximum Gasteiger partial charge on any atom is 0.329 e. The fourth-order valence-corrected chi connectivity index (χ4v) is 2.38.